The SMILES string of the molecule is NCCOCCNS(=O)(=O)c1ccc([N+](=O)[O-])cc1. The summed E-state index contributed by atoms with van der Waals surface area (Å²) in [4.78, 5) is 9.82. The van der Waals surface area contributed by atoms with Gasteiger partial charge in [-0.05, 0) is 12.1 Å². The average molecular weight is 289 g/mol. The molecule has 0 aliphatic heterocycles. The number of nitrogens with two attached hydrogens (primary N) is 1. The molecular formula is C10H15N3O5S. The van der Waals surface area contributed by atoms with E-state index in [4.69, 9.17) is 10.5 Å². The highest BCUT2D eigenvalue weighted by Gasteiger charge is 2.14. The summed E-state index contributed by atoms with van der Waals surface area (Å²) in [7, 11) is -3.67. The first-order valence-corrected chi connectivity index (χ1v) is 6.97. The Morgan fingerprint density at radius 1 is 1.26 bits per heavy atom. The molecule has 0 aromatic heterocycles. The zero-order chi connectivity index (χ0) is 14.3. The normalized spacial score (nSPS) is 11.4. The molecule has 0 aliphatic rings. The Morgan fingerprint density at radius 2 is 1.89 bits per heavy atom. The monoisotopic (exact) mass is 289 g/mol. The van der Waals surface area contributed by atoms with Crippen LogP contribution >= 0.6 is 0 Å². The molecule has 0 fully saturated rings. The molecule has 0 saturated heterocycles. The molecule has 0 aliphatic carbocycles. The van der Waals surface area contributed by atoms with Gasteiger partial charge in [-0.3, -0.25) is 10.1 Å². The first kappa shape index (κ1) is 15.5. The van der Waals surface area contributed by atoms with Crippen LogP contribution in [0.25, 0.3) is 0 Å². The highest BCUT2D eigenvalue weighted by atomic mass is 32.2. The lowest BCUT2D eigenvalue weighted by Gasteiger charge is -2.06. The lowest BCUT2D eigenvalue weighted by molar-refractivity contribution is -0.384. The lowest BCUT2D eigenvalue weighted by Crippen LogP contribution is -2.28. The van der Waals surface area contributed by atoms with Crippen LogP contribution in [0, 0.1) is 10.1 Å². The Hall–Kier alpha value is -1.55. The van der Waals surface area contributed by atoms with E-state index < -0.39 is 14.9 Å². The van der Waals surface area contributed by atoms with E-state index >= 15 is 0 Å². The van der Waals surface area contributed by atoms with Gasteiger partial charge in [-0.1, -0.05) is 0 Å². The summed E-state index contributed by atoms with van der Waals surface area (Å²) in [6.07, 6.45) is 0. The number of non-ortho nitro benzene ring substituents is 1. The van der Waals surface area contributed by atoms with Crippen molar-refractivity contribution < 1.29 is 18.1 Å². The number of rotatable bonds is 8. The Morgan fingerprint density at radius 3 is 2.42 bits per heavy atom. The van der Waals surface area contributed by atoms with Gasteiger partial charge in [-0.15, -0.1) is 0 Å². The number of benzene rings is 1. The quantitative estimate of drug-likeness (QED) is 0.389. The predicted octanol–water partition coefficient (Wildman–Crippen LogP) is -0.152. The molecule has 0 saturated carbocycles. The zero-order valence-corrected chi connectivity index (χ0v) is 10.9. The smallest absolute Gasteiger partial charge is 0.269 e. The molecule has 0 unspecified atom stereocenters. The van der Waals surface area contributed by atoms with Crippen molar-refractivity contribution in [3.63, 3.8) is 0 Å². The average Bonchev–Trinajstić information content (AvgIpc) is 2.38. The van der Waals surface area contributed by atoms with Crippen molar-refractivity contribution in [3.05, 3.63) is 34.4 Å². The van der Waals surface area contributed by atoms with Gasteiger partial charge in [0.15, 0.2) is 0 Å². The molecule has 0 atom stereocenters. The van der Waals surface area contributed by atoms with Gasteiger partial charge in [0.1, 0.15) is 0 Å². The maximum absolute atomic E-state index is 11.8. The fourth-order valence-electron chi connectivity index (χ4n) is 1.26. The summed E-state index contributed by atoms with van der Waals surface area (Å²) in [5.74, 6) is 0. The summed E-state index contributed by atoms with van der Waals surface area (Å²) < 4.78 is 30.9. The molecule has 19 heavy (non-hydrogen) atoms. The van der Waals surface area contributed by atoms with Gasteiger partial charge in [0, 0.05) is 25.2 Å². The Balaban J connectivity index is 2.59. The second-order valence-electron chi connectivity index (χ2n) is 3.55. The van der Waals surface area contributed by atoms with Crippen LogP contribution in [0.15, 0.2) is 29.2 Å². The fourth-order valence-corrected chi connectivity index (χ4v) is 2.28. The van der Waals surface area contributed by atoms with Crippen molar-refractivity contribution in [2.45, 2.75) is 4.90 Å². The van der Waals surface area contributed by atoms with Crippen LogP contribution in [0.4, 0.5) is 5.69 Å². The Bertz CT molecular complexity index is 514. The molecule has 0 bridgehead atoms. The standard InChI is InChI=1S/C10H15N3O5S/c11-5-7-18-8-6-12-19(16,17)10-3-1-9(2-4-10)13(14)15/h1-4,12H,5-8,11H2. The number of hydrogen-bond donors (Lipinski definition) is 2. The minimum atomic E-state index is -3.67. The number of nitrogens with one attached hydrogen (secondary N) is 1. The van der Waals surface area contributed by atoms with Gasteiger partial charge >= 0.3 is 0 Å². The van der Waals surface area contributed by atoms with Gasteiger partial charge in [0.25, 0.3) is 5.69 Å². The van der Waals surface area contributed by atoms with Crippen LogP contribution in [-0.2, 0) is 14.8 Å². The molecule has 0 amide bonds. The largest absolute Gasteiger partial charge is 0.379 e. The summed E-state index contributed by atoms with van der Waals surface area (Å²) in [6.45, 7) is 1.05. The number of hydrogen-bond acceptors (Lipinski definition) is 6. The number of nitro groups is 1. The second kappa shape index (κ2) is 7.14. The Labute approximate surface area is 110 Å². The third-order valence-electron chi connectivity index (χ3n) is 2.16. The molecule has 0 spiro atoms. The number of sulfonamides is 1. The van der Waals surface area contributed by atoms with Gasteiger partial charge < -0.3 is 10.5 Å². The third-order valence-corrected chi connectivity index (χ3v) is 3.64. The molecule has 0 heterocycles. The third kappa shape index (κ3) is 4.91. The van der Waals surface area contributed by atoms with Crippen LogP contribution < -0.4 is 10.5 Å². The molecule has 1 rings (SSSR count). The van der Waals surface area contributed by atoms with Gasteiger partial charge in [-0.2, -0.15) is 0 Å². The van der Waals surface area contributed by atoms with E-state index in [1.165, 1.54) is 12.1 Å². The van der Waals surface area contributed by atoms with Crippen molar-refractivity contribution >= 4 is 15.7 Å². The number of nitrogens with zero attached hydrogens (tertiary/aromatic N) is 1. The van der Waals surface area contributed by atoms with E-state index in [1.54, 1.807) is 0 Å². The topological polar surface area (TPSA) is 125 Å². The molecule has 106 valence electrons. The maximum atomic E-state index is 11.8. The number of nitro benzene ring substituents is 1. The van der Waals surface area contributed by atoms with Gasteiger partial charge in [0.2, 0.25) is 10.0 Å². The van der Waals surface area contributed by atoms with Crippen LogP contribution in [0.3, 0.4) is 0 Å². The van der Waals surface area contributed by atoms with E-state index in [0.717, 1.165) is 12.1 Å². The molecule has 1 aromatic carbocycles. The van der Waals surface area contributed by atoms with Gasteiger partial charge in [-0.25, -0.2) is 13.1 Å². The minimum absolute atomic E-state index is 0.0306. The van der Waals surface area contributed by atoms with E-state index in [9.17, 15) is 18.5 Å². The first-order valence-electron chi connectivity index (χ1n) is 5.49. The fraction of sp³-hybridized carbons (Fsp3) is 0.400. The van der Waals surface area contributed by atoms with Crippen molar-refractivity contribution in [3.8, 4) is 0 Å². The zero-order valence-electron chi connectivity index (χ0n) is 10.1. The van der Waals surface area contributed by atoms with Crippen LogP contribution in [0.5, 0.6) is 0 Å². The lowest BCUT2D eigenvalue weighted by atomic mass is 10.3. The highest BCUT2D eigenvalue weighted by Crippen LogP contribution is 2.15. The summed E-state index contributed by atoms with van der Waals surface area (Å²) in [5.41, 5.74) is 5.05. The summed E-state index contributed by atoms with van der Waals surface area (Å²) >= 11 is 0. The van der Waals surface area contributed by atoms with E-state index in [1.807, 2.05) is 0 Å². The summed E-state index contributed by atoms with van der Waals surface area (Å²) in [6, 6.07) is 4.64. The van der Waals surface area contributed by atoms with E-state index in [0.29, 0.717) is 13.2 Å². The maximum Gasteiger partial charge on any atom is 0.269 e. The van der Waals surface area contributed by atoms with Crippen molar-refractivity contribution in [2.75, 3.05) is 26.3 Å². The first-order chi connectivity index (χ1) is 8.97. The molecule has 9 heteroatoms. The Kier molecular flexibility index (Phi) is 5.83. The van der Waals surface area contributed by atoms with Crippen molar-refractivity contribution in [1.29, 1.82) is 0 Å². The van der Waals surface area contributed by atoms with Crippen LogP contribution in [0.2, 0.25) is 0 Å². The molecule has 3 N–H and O–H groups in total. The number of ether oxygens (including phenoxy) is 1. The second-order valence-corrected chi connectivity index (χ2v) is 5.32. The highest BCUT2D eigenvalue weighted by molar-refractivity contribution is 7.89. The minimum Gasteiger partial charge on any atom is -0.379 e. The van der Waals surface area contributed by atoms with Crippen LogP contribution in [-0.4, -0.2) is 39.6 Å². The molecule has 1 aromatic rings. The van der Waals surface area contributed by atoms with Crippen molar-refractivity contribution in [1.82, 2.24) is 4.72 Å². The van der Waals surface area contributed by atoms with Crippen molar-refractivity contribution in [2.24, 2.45) is 5.73 Å². The van der Waals surface area contributed by atoms with E-state index in [-0.39, 0.29) is 23.7 Å². The molecule has 8 nitrogen and oxygen atoms in total. The van der Waals surface area contributed by atoms with Gasteiger partial charge in [0.05, 0.1) is 23.0 Å². The van der Waals surface area contributed by atoms with Crippen LogP contribution in [0.1, 0.15) is 0 Å². The predicted molar refractivity (Wildman–Crippen MR) is 68.2 cm³/mol. The molecule has 0 radical (unpaired) electrons. The summed E-state index contributed by atoms with van der Waals surface area (Å²) in [5, 5.41) is 10.4. The molecular weight excluding hydrogens is 274 g/mol. The van der Waals surface area contributed by atoms with E-state index in [2.05, 4.69) is 4.72 Å².